The summed E-state index contributed by atoms with van der Waals surface area (Å²) in [6.45, 7) is 2.39. The van der Waals surface area contributed by atoms with Gasteiger partial charge in [0.25, 0.3) is 17.4 Å². The summed E-state index contributed by atoms with van der Waals surface area (Å²) in [5.74, 6) is -0.580. The van der Waals surface area contributed by atoms with Gasteiger partial charge in [0, 0.05) is 12.4 Å². The maximum Gasteiger partial charge on any atom is 0.291 e. The molecule has 0 fully saturated rings. The Labute approximate surface area is 197 Å². The van der Waals surface area contributed by atoms with Crippen molar-refractivity contribution in [2.24, 2.45) is 7.05 Å². The number of aryl methyl sites for hydroxylation is 2. The van der Waals surface area contributed by atoms with Crippen LogP contribution >= 0.6 is 11.3 Å². The van der Waals surface area contributed by atoms with Gasteiger partial charge in [-0.15, -0.1) is 11.3 Å². The third kappa shape index (κ3) is 3.01. The number of aromatic nitrogens is 4. The highest BCUT2D eigenvalue weighted by Crippen LogP contribution is 2.30. The van der Waals surface area contributed by atoms with Gasteiger partial charge in [0.2, 0.25) is 0 Å². The van der Waals surface area contributed by atoms with Gasteiger partial charge in [-0.05, 0) is 30.2 Å². The summed E-state index contributed by atoms with van der Waals surface area (Å²) in [7, 11) is 1.85. The molecule has 2 amide bonds. The van der Waals surface area contributed by atoms with Crippen LogP contribution in [0, 0.1) is 6.92 Å². The molecule has 0 aliphatic carbocycles. The number of imide groups is 1. The van der Waals surface area contributed by atoms with Crippen molar-refractivity contribution in [3.63, 3.8) is 0 Å². The number of fused-ring (bicyclic) bond motifs is 4. The summed E-state index contributed by atoms with van der Waals surface area (Å²) >= 11 is 1.55. The number of carbonyl (C=O) groups is 2. The van der Waals surface area contributed by atoms with Crippen LogP contribution in [-0.4, -0.2) is 36.0 Å². The van der Waals surface area contributed by atoms with Gasteiger partial charge in [-0.3, -0.25) is 19.3 Å². The number of carbonyl (C=O) groups excluding carboxylic acids is 2. The van der Waals surface area contributed by atoms with Crippen molar-refractivity contribution < 1.29 is 9.59 Å². The minimum absolute atomic E-state index is 0.167. The van der Waals surface area contributed by atoms with Gasteiger partial charge in [0.15, 0.2) is 5.65 Å². The van der Waals surface area contributed by atoms with Gasteiger partial charge in [-0.1, -0.05) is 36.4 Å². The van der Waals surface area contributed by atoms with E-state index in [1.165, 1.54) is 9.58 Å². The number of hydrogen-bond donors (Lipinski definition) is 0. The molecule has 0 N–H and O–H groups in total. The maximum absolute atomic E-state index is 13.2. The molecule has 168 valence electrons. The summed E-state index contributed by atoms with van der Waals surface area (Å²) in [5, 5.41) is 6.16. The van der Waals surface area contributed by atoms with E-state index in [-0.39, 0.29) is 30.5 Å². The van der Waals surface area contributed by atoms with Crippen LogP contribution in [0.25, 0.3) is 21.3 Å². The second-order valence-corrected chi connectivity index (χ2v) is 9.58. The molecule has 1 aliphatic heterocycles. The van der Waals surface area contributed by atoms with Crippen molar-refractivity contribution in [1.29, 1.82) is 0 Å². The molecule has 9 heteroatoms. The van der Waals surface area contributed by atoms with Crippen LogP contribution in [0.5, 0.6) is 0 Å². The highest BCUT2D eigenvalue weighted by molar-refractivity contribution is 7.19. The smallest absolute Gasteiger partial charge is 0.291 e. The molecule has 0 unspecified atom stereocenters. The van der Waals surface area contributed by atoms with Crippen LogP contribution in [0.15, 0.2) is 59.5 Å². The van der Waals surface area contributed by atoms with Crippen molar-refractivity contribution in [3.05, 3.63) is 92.3 Å². The molecule has 34 heavy (non-hydrogen) atoms. The summed E-state index contributed by atoms with van der Waals surface area (Å²) in [6.07, 6.45) is 1.72. The van der Waals surface area contributed by atoms with Crippen molar-refractivity contribution in [3.8, 4) is 0 Å². The minimum Gasteiger partial charge on any atom is -0.323 e. The van der Waals surface area contributed by atoms with E-state index >= 15 is 0 Å². The third-order valence-electron chi connectivity index (χ3n) is 6.17. The second kappa shape index (κ2) is 7.46. The highest BCUT2D eigenvalue weighted by atomic mass is 32.1. The van der Waals surface area contributed by atoms with Crippen molar-refractivity contribution in [2.45, 2.75) is 20.0 Å². The van der Waals surface area contributed by atoms with E-state index in [0.29, 0.717) is 16.6 Å². The van der Waals surface area contributed by atoms with Crippen LogP contribution in [0.1, 0.15) is 36.9 Å². The molecule has 3 aromatic heterocycles. The van der Waals surface area contributed by atoms with Gasteiger partial charge in [-0.2, -0.15) is 5.10 Å². The Morgan fingerprint density at radius 2 is 1.59 bits per heavy atom. The third-order valence-corrected chi connectivity index (χ3v) is 7.17. The normalized spacial score (nSPS) is 13.4. The molecule has 4 heterocycles. The molecule has 1 aliphatic rings. The predicted molar refractivity (Wildman–Crippen MR) is 129 cm³/mol. The highest BCUT2D eigenvalue weighted by Gasteiger charge is 2.34. The molecular weight excluding hydrogens is 450 g/mol. The SMILES string of the molecule is Cc1nc2c(s1)c1cnn(Cc3cccc(CN4C(=O)c5ccccc5C4=O)c3)c(=O)c1n2C. The Balaban J connectivity index is 1.30. The Morgan fingerprint density at radius 3 is 2.29 bits per heavy atom. The first-order chi connectivity index (χ1) is 16.4. The van der Waals surface area contributed by atoms with Gasteiger partial charge in [0.05, 0.1) is 40.1 Å². The lowest BCUT2D eigenvalue weighted by molar-refractivity contribution is 0.0642. The summed E-state index contributed by atoms with van der Waals surface area (Å²) in [5.41, 5.74) is 3.70. The van der Waals surface area contributed by atoms with E-state index in [1.54, 1.807) is 41.8 Å². The predicted octanol–water partition coefficient (Wildman–Crippen LogP) is 3.50. The molecule has 5 aromatic rings. The lowest BCUT2D eigenvalue weighted by Gasteiger charge is -2.15. The van der Waals surface area contributed by atoms with Gasteiger partial charge >= 0.3 is 0 Å². The average Bonchev–Trinajstić information content (AvgIpc) is 3.42. The zero-order valence-electron chi connectivity index (χ0n) is 18.5. The number of nitrogens with zero attached hydrogens (tertiary/aromatic N) is 5. The number of benzene rings is 2. The van der Waals surface area contributed by atoms with E-state index < -0.39 is 0 Å². The van der Waals surface area contributed by atoms with E-state index in [4.69, 9.17) is 0 Å². The molecular formula is C25H19N5O3S. The van der Waals surface area contributed by atoms with Crippen LogP contribution in [0.3, 0.4) is 0 Å². The molecule has 0 spiro atoms. The fourth-order valence-electron chi connectivity index (χ4n) is 4.57. The standard InChI is InChI=1S/C25H19N5O3S/c1-14-27-22-21(34-14)19-11-26-30(25(33)20(19)28(22)2)13-16-7-5-6-15(10-16)12-29-23(31)17-8-3-4-9-18(17)24(29)32/h3-11H,12-13H2,1-2H3. The van der Waals surface area contributed by atoms with E-state index in [2.05, 4.69) is 10.1 Å². The van der Waals surface area contributed by atoms with Crippen molar-refractivity contribution in [1.82, 2.24) is 24.2 Å². The Bertz CT molecular complexity index is 1680. The molecule has 0 saturated heterocycles. The zero-order chi connectivity index (χ0) is 23.6. The van der Waals surface area contributed by atoms with Gasteiger partial charge in [0.1, 0.15) is 5.52 Å². The van der Waals surface area contributed by atoms with Crippen LogP contribution in [0.4, 0.5) is 0 Å². The summed E-state index contributed by atoms with van der Waals surface area (Å²) < 4.78 is 4.22. The number of thiazole rings is 1. The minimum atomic E-state index is -0.290. The molecule has 8 nitrogen and oxygen atoms in total. The fourth-order valence-corrected chi connectivity index (χ4v) is 5.53. The van der Waals surface area contributed by atoms with Gasteiger partial charge in [-0.25, -0.2) is 9.67 Å². The van der Waals surface area contributed by atoms with E-state index in [9.17, 15) is 14.4 Å². The Morgan fingerprint density at radius 1 is 0.912 bits per heavy atom. The molecule has 2 aromatic carbocycles. The largest absolute Gasteiger partial charge is 0.323 e. The number of hydrogen-bond acceptors (Lipinski definition) is 6. The Kier molecular flexibility index (Phi) is 4.50. The molecule has 0 radical (unpaired) electrons. The molecule has 0 saturated carbocycles. The van der Waals surface area contributed by atoms with Crippen molar-refractivity contribution in [2.75, 3.05) is 0 Å². The van der Waals surface area contributed by atoms with Crippen LogP contribution < -0.4 is 5.56 Å². The number of rotatable bonds is 4. The molecule has 6 rings (SSSR count). The maximum atomic E-state index is 13.2. The lowest BCUT2D eigenvalue weighted by atomic mass is 10.1. The average molecular weight is 470 g/mol. The molecule has 0 atom stereocenters. The summed E-state index contributed by atoms with van der Waals surface area (Å²) in [6, 6.07) is 14.4. The summed E-state index contributed by atoms with van der Waals surface area (Å²) in [4.78, 5) is 44.4. The first kappa shape index (κ1) is 20.5. The first-order valence-electron chi connectivity index (χ1n) is 10.8. The van der Waals surface area contributed by atoms with Crippen molar-refractivity contribution >= 4 is 44.4 Å². The zero-order valence-corrected chi connectivity index (χ0v) is 19.3. The lowest BCUT2D eigenvalue weighted by Crippen LogP contribution is -2.29. The monoisotopic (exact) mass is 469 g/mol. The van der Waals surface area contributed by atoms with Crippen LogP contribution in [0.2, 0.25) is 0 Å². The first-order valence-corrected chi connectivity index (χ1v) is 11.6. The second-order valence-electron chi connectivity index (χ2n) is 8.38. The van der Waals surface area contributed by atoms with E-state index in [1.807, 2.05) is 42.8 Å². The topological polar surface area (TPSA) is 90.1 Å². The van der Waals surface area contributed by atoms with Gasteiger partial charge < -0.3 is 4.57 Å². The fraction of sp³-hybridized carbons (Fsp3) is 0.160. The van der Waals surface area contributed by atoms with Crippen LogP contribution in [-0.2, 0) is 20.1 Å². The molecule has 0 bridgehead atoms. The Hall–Kier alpha value is -4.11. The van der Waals surface area contributed by atoms with E-state index in [0.717, 1.165) is 31.9 Å². The quantitative estimate of drug-likeness (QED) is 0.376. The number of amides is 2.